The van der Waals surface area contributed by atoms with Crippen molar-refractivity contribution in [1.82, 2.24) is 64.8 Å². The molecule has 676 valence electrons. The van der Waals surface area contributed by atoms with Crippen molar-refractivity contribution in [3.8, 4) is 56.4 Å². The summed E-state index contributed by atoms with van der Waals surface area (Å²) in [4.78, 5) is 57.6. The molecule has 8 heterocycles. The predicted octanol–water partition coefficient (Wildman–Crippen LogP) is 31.2. The fourth-order valence-corrected chi connectivity index (χ4v) is 18.5. The zero-order chi connectivity index (χ0) is 96.1. The molecule has 13 heteroatoms. The van der Waals surface area contributed by atoms with Crippen LogP contribution < -0.4 is 0 Å². The summed E-state index contributed by atoms with van der Waals surface area (Å²) in [6.07, 6.45) is 9.22. The van der Waals surface area contributed by atoms with E-state index in [-0.39, 0.29) is 10.8 Å². The Kier molecular flexibility index (Phi) is 27.6. The smallest absolute Gasteiger partial charge is 0.163 e. The number of pyridine rings is 4. The maximum absolute atomic E-state index is 4.72. The first-order valence-electron chi connectivity index (χ1n) is 47.1. The Morgan fingerprint density at radius 2 is 0.683 bits per heavy atom. The molecule has 26 rings (SSSR count). The second-order valence-electron chi connectivity index (χ2n) is 36.1. The van der Waals surface area contributed by atoms with Crippen LogP contribution in [0.3, 0.4) is 0 Å². The van der Waals surface area contributed by atoms with Gasteiger partial charge in [-0.3, -0.25) is 24.9 Å². The Morgan fingerprint density at radius 3 is 1.32 bits per heavy atom. The minimum Gasteiger partial charge on any atom is -0.257 e. The van der Waals surface area contributed by atoms with Crippen molar-refractivity contribution in [3.05, 3.63) is 487 Å². The fourth-order valence-electron chi connectivity index (χ4n) is 18.5. The molecule has 139 heavy (non-hydrogen) atoms. The van der Waals surface area contributed by atoms with E-state index in [2.05, 4.69) is 310 Å². The third kappa shape index (κ3) is 20.4. The van der Waals surface area contributed by atoms with Gasteiger partial charge in [0, 0.05) is 113 Å². The standard InChI is InChI=1S/2C18H13N.C16H13N3.C16H16.C15H12N2.C15H15N.C10H9N.2C9H8N2/c1-12-6-4-9-15-13-7-2-3-8-14(13)16-10-5-11-19-18(16)17(12)15;1-12-8-9-15-13-5-2-3-6-14(13)16-7-4-10-19-18(16)17(15)11-12;1-12-17-15(13-8-4-2-5-9-13)19-16(18-12)14-10-6-3-7-11-14;1-11-8-9-13-12-6-4-5-7-14(12)16(2,3)15(13)10-11;1-11-13-9-5-6-10-14(13)17-15(16-11)12-7-3-2-4-8-12;1-10-8-9-12-11-6-4-5-7-13(11)15(2,3)14(12)16-10;1-8-6-7-11-10-5-3-2-4-9(8)10;1-7-10-6-8-4-2-3-5-9(8)11-7;1-7-6-10-8-4-2-3-5-9(8)11-7/h3*2-11H,1H3;4-10H,1-3H3;2-10H,1H3;4-9H,1-3H3;2-7H,1H3;2*2-6H,1H3. The molecular weight excluding hydrogens is 1700 g/mol. The number of hydrogen-bond donors (Lipinski definition) is 0. The van der Waals surface area contributed by atoms with Crippen LogP contribution in [0.1, 0.15) is 101 Å². The molecule has 0 saturated carbocycles. The van der Waals surface area contributed by atoms with Crippen molar-refractivity contribution in [3.63, 3.8) is 0 Å². The van der Waals surface area contributed by atoms with Gasteiger partial charge < -0.3 is 0 Å². The number of fused-ring (bicyclic) bond motifs is 22. The molecule has 8 aromatic heterocycles. The van der Waals surface area contributed by atoms with Crippen LogP contribution >= 0.6 is 0 Å². The lowest BCUT2D eigenvalue weighted by Crippen LogP contribution is -2.16. The van der Waals surface area contributed by atoms with E-state index in [1.54, 1.807) is 6.20 Å². The number of aryl methyl sites for hydroxylation is 9. The van der Waals surface area contributed by atoms with Gasteiger partial charge in [-0.05, 0) is 200 Å². The average Bonchev–Trinajstić information content (AvgIpc) is 1.62. The summed E-state index contributed by atoms with van der Waals surface area (Å²) < 4.78 is 0. The summed E-state index contributed by atoms with van der Waals surface area (Å²) in [5, 5.41) is 16.2. The molecule has 0 saturated heterocycles. The van der Waals surface area contributed by atoms with E-state index in [9.17, 15) is 0 Å². The van der Waals surface area contributed by atoms with Crippen LogP contribution in [0.15, 0.2) is 413 Å². The molecule has 0 spiro atoms. The molecule has 0 radical (unpaired) electrons. The maximum atomic E-state index is 4.72. The van der Waals surface area contributed by atoms with Gasteiger partial charge in [-0.1, -0.05) is 360 Å². The van der Waals surface area contributed by atoms with Gasteiger partial charge in [0.05, 0.1) is 50.0 Å². The van der Waals surface area contributed by atoms with E-state index < -0.39 is 0 Å². The Morgan fingerprint density at radius 1 is 0.216 bits per heavy atom. The van der Waals surface area contributed by atoms with Crippen molar-refractivity contribution in [1.29, 1.82) is 0 Å². The first kappa shape index (κ1) is 92.4. The minimum atomic E-state index is 0.0396. The van der Waals surface area contributed by atoms with Crippen LogP contribution in [0.2, 0.25) is 0 Å². The van der Waals surface area contributed by atoms with Crippen molar-refractivity contribution >= 4 is 109 Å². The molecule has 0 aliphatic heterocycles. The highest BCUT2D eigenvalue weighted by Crippen LogP contribution is 2.50. The van der Waals surface area contributed by atoms with Crippen LogP contribution in [-0.2, 0) is 10.8 Å². The minimum absolute atomic E-state index is 0.0396. The molecule has 0 amide bonds. The molecule has 0 atom stereocenters. The summed E-state index contributed by atoms with van der Waals surface area (Å²) in [7, 11) is 0. The third-order valence-corrected chi connectivity index (χ3v) is 25.5. The summed E-state index contributed by atoms with van der Waals surface area (Å²) in [5.41, 5.74) is 29.7. The molecule has 2 aliphatic carbocycles. The fraction of sp³-hybridized carbons (Fsp3) is 0.119. The van der Waals surface area contributed by atoms with Crippen LogP contribution in [0.25, 0.3) is 165 Å². The first-order chi connectivity index (χ1) is 67.7. The summed E-state index contributed by atoms with van der Waals surface area (Å²) in [6.45, 7) is 27.5. The molecular formula is C126H107N13. The monoisotopic (exact) mass is 1800 g/mol. The van der Waals surface area contributed by atoms with Crippen LogP contribution in [0.4, 0.5) is 0 Å². The summed E-state index contributed by atoms with van der Waals surface area (Å²) >= 11 is 0. The lowest BCUT2D eigenvalue weighted by Gasteiger charge is -2.21. The lowest BCUT2D eigenvalue weighted by atomic mass is 9.82. The van der Waals surface area contributed by atoms with Crippen LogP contribution in [-0.4, -0.2) is 64.8 Å². The molecule has 0 fully saturated rings. The highest BCUT2D eigenvalue weighted by Gasteiger charge is 2.37. The maximum Gasteiger partial charge on any atom is 0.163 e. The summed E-state index contributed by atoms with van der Waals surface area (Å²) in [6, 6.07) is 131. The number of rotatable bonds is 3. The van der Waals surface area contributed by atoms with E-state index >= 15 is 0 Å². The highest BCUT2D eigenvalue weighted by atomic mass is 15.0. The van der Waals surface area contributed by atoms with Gasteiger partial charge in [-0.2, -0.15) is 0 Å². The zero-order valence-electron chi connectivity index (χ0n) is 80.6. The van der Waals surface area contributed by atoms with Crippen molar-refractivity contribution in [2.24, 2.45) is 0 Å². The zero-order valence-corrected chi connectivity index (χ0v) is 80.6. The van der Waals surface area contributed by atoms with Gasteiger partial charge in [0.2, 0.25) is 0 Å². The molecule has 16 aromatic carbocycles. The largest absolute Gasteiger partial charge is 0.257 e. The average molecular weight is 1800 g/mol. The number of nitrogens with zero attached hydrogens (tertiary/aromatic N) is 13. The Hall–Kier alpha value is -17.0. The Labute approximate surface area is 811 Å². The normalized spacial score (nSPS) is 11.9. The number of benzene rings is 16. The molecule has 0 N–H and O–H groups in total. The third-order valence-electron chi connectivity index (χ3n) is 25.5. The topological polar surface area (TPSA) is 168 Å². The number of hydrogen-bond acceptors (Lipinski definition) is 13. The van der Waals surface area contributed by atoms with Crippen molar-refractivity contribution in [2.75, 3.05) is 0 Å². The second kappa shape index (κ2) is 41.4. The first-order valence-corrected chi connectivity index (χ1v) is 47.1. The number of aromatic nitrogens is 13. The van der Waals surface area contributed by atoms with Crippen LogP contribution in [0.5, 0.6) is 0 Å². The Bertz CT molecular complexity index is 8190. The van der Waals surface area contributed by atoms with Gasteiger partial charge in [-0.15, -0.1) is 0 Å². The quantitative estimate of drug-likeness (QED) is 0.153. The highest BCUT2D eigenvalue weighted by molar-refractivity contribution is 6.26. The van der Waals surface area contributed by atoms with Gasteiger partial charge >= 0.3 is 0 Å². The van der Waals surface area contributed by atoms with Gasteiger partial charge in [-0.25, -0.2) is 39.9 Å². The predicted molar refractivity (Wildman–Crippen MR) is 578 cm³/mol. The van der Waals surface area contributed by atoms with E-state index in [0.717, 1.165) is 101 Å². The molecule has 13 nitrogen and oxygen atoms in total. The van der Waals surface area contributed by atoms with Crippen molar-refractivity contribution in [2.45, 2.75) is 101 Å². The van der Waals surface area contributed by atoms with E-state index in [1.807, 2.05) is 247 Å². The molecule has 24 aromatic rings. The lowest BCUT2D eigenvalue weighted by molar-refractivity contribution is 0.634. The van der Waals surface area contributed by atoms with Gasteiger partial charge in [0.25, 0.3) is 0 Å². The molecule has 2 aliphatic rings. The second-order valence-corrected chi connectivity index (χ2v) is 36.1. The van der Waals surface area contributed by atoms with E-state index in [4.69, 9.17) is 4.98 Å². The molecule has 0 bridgehead atoms. The van der Waals surface area contributed by atoms with Crippen molar-refractivity contribution < 1.29 is 0 Å². The Balaban J connectivity index is 0.000000104. The van der Waals surface area contributed by atoms with Gasteiger partial charge in [0.15, 0.2) is 17.5 Å². The van der Waals surface area contributed by atoms with E-state index in [0.29, 0.717) is 11.6 Å². The summed E-state index contributed by atoms with van der Waals surface area (Å²) in [5.74, 6) is 3.78. The number of para-hydroxylation sites is 5. The van der Waals surface area contributed by atoms with E-state index in [1.165, 1.54) is 126 Å². The van der Waals surface area contributed by atoms with Crippen LogP contribution in [0, 0.1) is 62.3 Å². The molecule has 0 unspecified atom stereocenters. The SMILES string of the molecule is Cc1ccc2c(c1)C(C)(C)c1ccccc1-2.Cc1ccc2c(n1)C(C)(C)c1ccccc1-2.Cc1ccc2c3ccccc3c3cccnc3c2c1.Cc1cccc2c3ccccc3c3cccnc3c12.Cc1ccnc2ccccc12.Cc1cnc2ccccc2n1.Cc1nc(-c2ccccc2)nc(-c2ccccc2)n1.Cc1nc(-c2ccccc2)nc2ccccc12.Cc1ncc2ccccc2n1. The van der Waals surface area contributed by atoms with Gasteiger partial charge in [0.1, 0.15) is 11.6 Å².